The van der Waals surface area contributed by atoms with E-state index in [-0.39, 0.29) is 42.1 Å². The number of nitriles is 1. The Morgan fingerprint density at radius 1 is 0.496 bits per heavy atom. The number of aliphatic imine (C=N–C) groups is 1. The summed E-state index contributed by atoms with van der Waals surface area (Å²) in [6.45, 7) is 20.2. The summed E-state index contributed by atoms with van der Waals surface area (Å²) in [5, 5.41) is 50.9. The van der Waals surface area contributed by atoms with E-state index in [4.69, 9.17) is 39.8 Å². The van der Waals surface area contributed by atoms with Crippen molar-refractivity contribution in [3.05, 3.63) is 373 Å². The Balaban J connectivity index is 0.000000208. The number of guanidine groups is 1. The van der Waals surface area contributed by atoms with Crippen molar-refractivity contribution in [3.63, 3.8) is 0 Å². The van der Waals surface area contributed by atoms with Gasteiger partial charge in [-0.25, -0.2) is 34.9 Å². The van der Waals surface area contributed by atoms with Crippen LogP contribution in [0.3, 0.4) is 0 Å². The number of carbonyl (C=O) groups excluding carboxylic acids is 3. The number of nitrogen functional groups attached to an aromatic ring is 2. The number of non-ortho nitro benzene ring substituents is 3. The second-order valence-electron chi connectivity index (χ2n) is 31.8. The van der Waals surface area contributed by atoms with Crippen LogP contribution in [0.1, 0.15) is 84.4 Å². The van der Waals surface area contributed by atoms with Crippen LogP contribution in [0.4, 0.5) is 74.7 Å². The number of nitrogens with zero attached hydrogens (tertiary/aromatic N) is 20. The van der Waals surface area contributed by atoms with Crippen LogP contribution in [0.2, 0.25) is 0 Å². The van der Waals surface area contributed by atoms with Crippen molar-refractivity contribution in [2.75, 3.05) is 113 Å². The van der Waals surface area contributed by atoms with E-state index in [1.807, 2.05) is 161 Å². The number of amides is 1. The third kappa shape index (κ3) is 36.7. The fourth-order valence-corrected chi connectivity index (χ4v) is 13.2. The number of ketones is 1. The number of anilines is 9. The second kappa shape index (κ2) is 56.2. The average molecular weight is 1930 g/mol. The predicted molar refractivity (Wildman–Crippen MR) is 555 cm³/mol. The lowest BCUT2D eigenvalue weighted by molar-refractivity contribution is -0.385. The summed E-state index contributed by atoms with van der Waals surface area (Å²) in [7, 11) is 8.05. The maximum absolute atomic E-state index is 12.9. The summed E-state index contributed by atoms with van der Waals surface area (Å²) in [5.41, 5.74) is 44.5. The summed E-state index contributed by atoms with van der Waals surface area (Å²) in [4.78, 5) is 123. The summed E-state index contributed by atoms with van der Waals surface area (Å²) < 4.78 is 0. The molecule has 0 bridgehead atoms. The molecule has 38 nitrogen and oxygen atoms in total. The van der Waals surface area contributed by atoms with E-state index in [9.17, 15) is 44.7 Å². The van der Waals surface area contributed by atoms with Gasteiger partial charge in [0.05, 0.1) is 43.2 Å². The minimum absolute atomic E-state index is 0. The lowest BCUT2D eigenvalue weighted by Gasteiger charge is -2.32. The van der Waals surface area contributed by atoms with E-state index >= 15 is 0 Å². The topological polar surface area (TPSA) is 540 Å². The maximum Gasteiger partial charge on any atom is 0.271 e. The van der Waals surface area contributed by atoms with E-state index in [1.54, 1.807) is 137 Å². The van der Waals surface area contributed by atoms with Crippen LogP contribution in [0.15, 0.2) is 292 Å². The van der Waals surface area contributed by atoms with Gasteiger partial charge in [0, 0.05) is 258 Å². The highest BCUT2D eigenvalue weighted by atomic mass is 35.5. The number of nitrogens with one attached hydrogen (secondary N) is 4. The highest BCUT2D eigenvalue weighted by Gasteiger charge is 2.20. The predicted octanol–water partition coefficient (Wildman–Crippen LogP) is 17.0. The molecule has 2 saturated heterocycles. The van der Waals surface area contributed by atoms with Crippen molar-refractivity contribution in [1.82, 2.24) is 74.3 Å². The maximum atomic E-state index is 12.9. The number of hydrogen-bond acceptors (Lipinski definition) is 32. The fraction of sp³-hybridized carbons (Fsp3) is 0.206. The molecule has 728 valence electrons. The van der Waals surface area contributed by atoms with E-state index in [0.29, 0.717) is 63.0 Å². The third-order valence-electron chi connectivity index (χ3n) is 21.0. The molecule has 16 rings (SSSR count). The average Bonchev–Trinajstić information content (AvgIpc) is 0.832. The number of pyridine rings is 4. The van der Waals surface area contributed by atoms with E-state index in [2.05, 4.69) is 116 Å². The standard InChI is InChI=1S/C29H31N7O.C17H15N5O2.C16H15N5.C13H17ClN2O.C10H12N2O.C8H10N4O2.C7H8N2O2.CH2N2.CH4/c1-21-5-10-25(18-27(21)34-29-31-13-11-26(33-29)24-4-3-12-30-19-24)32-28(37)23-8-6-22(7-9-23)20-36-16-14-35(2)15-17-36;1-2-12-5-6-14(22(23)24)10-16(12)21-17-19-9-7-15(20-17)13-4-3-8-18-11-13;1-11-4-5-13(17)9-15(11)21-16-19-8-6-14(20-16)12-3-2-7-18-10-12;1-15-6-8-16(9-7-15)10-11-2-4-12(5-3-11)13(14)17;1-12(2)7-5-10(13)9-4-3-6-11-8-9;1-5-2-3-6(12(13)14)4-7(5)11-8(9)10;1-5-2-3-6(9(10)11)4-7(5)8;2-1-3;/h3-13,18-19H,14-17,20H2,1-2H3,(H,32,37)(H,31,33,34);3-11H,2H2,1H3,(H,19,20,21);2-10H,17H2,1H3,(H,19,20,21);2-5H,6-10H2,1H3;3-8H,1-2H3;2-4H,1H3,(H4,9,10,11);2-4H,8H2,1H3;2H2;1H4/b;;;;7-5+;;;;. The van der Waals surface area contributed by atoms with Gasteiger partial charge in [0.25, 0.3) is 28.2 Å². The lowest BCUT2D eigenvalue weighted by Crippen LogP contribution is -2.43. The lowest BCUT2D eigenvalue weighted by atomic mass is 10.1. The summed E-state index contributed by atoms with van der Waals surface area (Å²) in [5.74, 6) is 1.10. The Morgan fingerprint density at radius 2 is 0.908 bits per heavy atom. The van der Waals surface area contributed by atoms with Crippen molar-refractivity contribution in [2.24, 2.45) is 22.2 Å². The van der Waals surface area contributed by atoms with Gasteiger partial charge in [0.2, 0.25) is 17.8 Å². The van der Waals surface area contributed by atoms with Gasteiger partial charge in [-0.2, -0.15) is 5.26 Å². The largest absolute Gasteiger partial charge is 0.399 e. The molecule has 0 spiro atoms. The first kappa shape index (κ1) is 109. The number of rotatable bonds is 24. The molecule has 2 fully saturated rings. The molecular weight excluding hydrogens is 1810 g/mol. The Labute approximate surface area is 823 Å². The van der Waals surface area contributed by atoms with Crippen molar-refractivity contribution in [3.8, 4) is 40.0 Å². The van der Waals surface area contributed by atoms with E-state index < -0.39 is 20.0 Å². The number of nitro benzene ring substituents is 3. The molecule has 7 aromatic heterocycles. The Hall–Kier alpha value is -17.4. The van der Waals surface area contributed by atoms with Gasteiger partial charge in [-0.1, -0.05) is 68.9 Å². The number of carbonyl (C=O) groups is 3. The van der Waals surface area contributed by atoms with Crippen LogP contribution in [0.25, 0.3) is 33.8 Å². The molecule has 9 heterocycles. The Bertz CT molecular complexity index is 6540. The van der Waals surface area contributed by atoms with E-state index in [1.165, 1.54) is 59.8 Å². The summed E-state index contributed by atoms with van der Waals surface area (Å²) in [6, 6.07) is 60.8. The summed E-state index contributed by atoms with van der Waals surface area (Å²) in [6.07, 6.45) is 23.9. The number of nitro groups is 3. The van der Waals surface area contributed by atoms with Gasteiger partial charge in [-0.05, 0) is 214 Å². The number of hydrogen-bond donors (Lipinski definition) is 9. The zero-order valence-corrected chi connectivity index (χ0v) is 79.6. The molecule has 0 atom stereocenters. The van der Waals surface area contributed by atoms with Gasteiger partial charge in [-0.15, -0.1) is 0 Å². The van der Waals surface area contributed by atoms with Crippen LogP contribution in [-0.2, 0) is 19.5 Å². The van der Waals surface area contributed by atoms with Gasteiger partial charge >= 0.3 is 0 Å². The van der Waals surface area contributed by atoms with Crippen molar-refractivity contribution >= 4 is 109 Å². The molecule has 7 aromatic carbocycles. The molecule has 0 unspecified atom stereocenters. The molecule has 39 heteroatoms. The minimum Gasteiger partial charge on any atom is -0.399 e. The van der Waals surface area contributed by atoms with Crippen LogP contribution in [-0.4, -0.2) is 193 Å². The zero-order valence-electron chi connectivity index (χ0n) is 78.8. The van der Waals surface area contributed by atoms with Gasteiger partial charge < -0.3 is 64.6 Å². The molecule has 141 heavy (non-hydrogen) atoms. The first-order valence-corrected chi connectivity index (χ1v) is 44.2. The van der Waals surface area contributed by atoms with Gasteiger partial charge in [0.15, 0.2) is 17.9 Å². The molecule has 0 aliphatic carbocycles. The quantitative estimate of drug-likeness (QED) is 0.00259. The molecule has 2 aliphatic heterocycles. The number of aryl methyl sites for hydroxylation is 5. The monoisotopic (exact) mass is 1920 g/mol. The Morgan fingerprint density at radius 3 is 1.33 bits per heavy atom. The molecule has 0 saturated carbocycles. The van der Waals surface area contributed by atoms with E-state index in [0.717, 1.165) is 145 Å². The molecule has 14 N–H and O–H groups in total. The number of aromatic nitrogens is 10. The minimum atomic E-state index is -0.495. The number of benzene rings is 7. The fourth-order valence-electron chi connectivity index (χ4n) is 13.1. The highest BCUT2D eigenvalue weighted by molar-refractivity contribution is 6.67. The number of halogens is 1. The van der Waals surface area contributed by atoms with Crippen molar-refractivity contribution in [2.45, 2.75) is 61.6 Å². The number of nitrogens with two attached hydrogens (primary N) is 5. The zero-order chi connectivity index (χ0) is 101. The highest BCUT2D eigenvalue weighted by Crippen LogP contribution is 2.31. The molecule has 14 aromatic rings. The van der Waals surface area contributed by atoms with Crippen molar-refractivity contribution in [1.29, 1.82) is 5.26 Å². The van der Waals surface area contributed by atoms with Gasteiger partial charge in [-0.3, -0.25) is 74.5 Å². The van der Waals surface area contributed by atoms with Crippen LogP contribution in [0, 0.1) is 69.5 Å². The number of allylic oxidation sites excluding steroid dienone is 1. The Kier molecular flexibility index (Phi) is 43.4. The molecular formula is C102H114ClN29O9. The van der Waals surface area contributed by atoms with Crippen LogP contribution < -0.4 is 49.9 Å². The molecule has 1 amide bonds. The SMILES string of the molecule is C.CCc1ccc([N+](=O)[O-])cc1Nc1nccc(-c2cccnc2)n1.CN(C)/C=C/C(=O)c1cccnc1.CN1CCN(Cc2ccc(C(=O)Cl)cc2)CC1.Cc1ccc(N)cc1Nc1nccc(-c2cccnc2)n1.Cc1ccc(NC(=O)c2ccc(CN3CCN(C)CC3)cc2)cc1Nc1nccc(-c2cccnc2)n1.Cc1ccc([N+](=O)[O-])cc1N.Cc1ccc([N+](=O)[O-])cc1N=C(N)N.N#CN. The molecule has 2 aliphatic rings. The van der Waals surface area contributed by atoms with Crippen LogP contribution >= 0.6 is 11.6 Å². The third-order valence-corrected chi connectivity index (χ3v) is 21.2. The van der Waals surface area contributed by atoms with Crippen LogP contribution in [0.5, 0.6) is 0 Å². The first-order valence-electron chi connectivity index (χ1n) is 43.8. The smallest absolute Gasteiger partial charge is 0.271 e. The van der Waals surface area contributed by atoms with Crippen molar-refractivity contribution < 1.29 is 29.2 Å². The number of piperazine rings is 2. The van der Waals surface area contributed by atoms with Gasteiger partial charge in [0.1, 0.15) is 0 Å². The summed E-state index contributed by atoms with van der Waals surface area (Å²) >= 11 is 5.41. The second-order valence-corrected chi connectivity index (χ2v) is 32.2. The number of likely N-dealkylation sites (N-methyl/N-ethyl adjacent to an activating group) is 2. The first-order chi connectivity index (χ1) is 67.3. The normalized spacial score (nSPS) is 12.0. The molecule has 0 radical (unpaired) electrons.